The van der Waals surface area contributed by atoms with Crippen molar-refractivity contribution < 1.29 is 17.6 Å². The Morgan fingerprint density at radius 3 is 2.45 bits per heavy atom. The quantitative estimate of drug-likeness (QED) is 0.599. The van der Waals surface area contributed by atoms with Crippen molar-refractivity contribution in [2.45, 2.75) is 4.90 Å². The predicted molar refractivity (Wildman–Crippen MR) is 110 cm³/mol. The third-order valence-electron chi connectivity index (χ3n) is 3.85. The molecule has 150 valence electrons. The molecule has 0 aliphatic rings. The molecule has 0 radical (unpaired) electrons. The van der Waals surface area contributed by atoms with Gasteiger partial charge in [-0.15, -0.1) is 5.10 Å². The van der Waals surface area contributed by atoms with Crippen molar-refractivity contribution >= 4 is 39.6 Å². The van der Waals surface area contributed by atoms with Crippen LogP contribution in [0.1, 0.15) is 5.56 Å². The fourth-order valence-electron chi connectivity index (χ4n) is 2.29. The number of nitrogens with zero attached hydrogens (tertiary/aromatic N) is 3. The van der Waals surface area contributed by atoms with Gasteiger partial charge >= 0.3 is 6.01 Å². The summed E-state index contributed by atoms with van der Waals surface area (Å²) >= 11 is 6.03. The summed E-state index contributed by atoms with van der Waals surface area (Å²) < 4.78 is 30.7. The van der Waals surface area contributed by atoms with Gasteiger partial charge in [-0.3, -0.25) is 10.1 Å². The van der Waals surface area contributed by atoms with Crippen molar-refractivity contribution in [2.24, 2.45) is 0 Å². The number of hydrogen-bond acceptors (Lipinski definition) is 6. The van der Waals surface area contributed by atoms with Crippen LogP contribution in [0.5, 0.6) is 0 Å². The molecule has 0 fully saturated rings. The van der Waals surface area contributed by atoms with Crippen LogP contribution in [0.2, 0.25) is 5.02 Å². The number of amides is 1. The number of aromatic nitrogens is 2. The first kappa shape index (κ1) is 20.7. The maximum atomic E-state index is 12.1. The molecule has 2 aromatic carbocycles. The Balaban J connectivity index is 1.69. The van der Waals surface area contributed by atoms with Gasteiger partial charge in [0.25, 0.3) is 5.91 Å². The van der Waals surface area contributed by atoms with E-state index in [4.69, 9.17) is 16.0 Å². The lowest BCUT2D eigenvalue weighted by molar-refractivity contribution is -0.112. The Morgan fingerprint density at radius 2 is 1.79 bits per heavy atom. The van der Waals surface area contributed by atoms with Crippen molar-refractivity contribution in [1.82, 2.24) is 14.5 Å². The molecular formula is C19H17ClN4O4S. The maximum absolute atomic E-state index is 12.1. The Kier molecular flexibility index (Phi) is 6.12. The van der Waals surface area contributed by atoms with E-state index in [0.29, 0.717) is 16.1 Å². The highest BCUT2D eigenvalue weighted by Gasteiger charge is 2.18. The van der Waals surface area contributed by atoms with Crippen LogP contribution in [0, 0.1) is 0 Å². The molecule has 0 saturated heterocycles. The van der Waals surface area contributed by atoms with Crippen LogP contribution in [0.4, 0.5) is 6.01 Å². The van der Waals surface area contributed by atoms with Crippen LogP contribution in [0.15, 0.2) is 63.9 Å². The fourth-order valence-corrected chi connectivity index (χ4v) is 3.39. The molecule has 0 saturated carbocycles. The normalized spacial score (nSPS) is 11.9. The zero-order valence-corrected chi connectivity index (χ0v) is 17.1. The van der Waals surface area contributed by atoms with Gasteiger partial charge in [-0.1, -0.05) is 34.9 Å². The molecule has 0 aliphatic heterocycles. The van der Waals surface area contributed by atoms with E-state index in [9.17, 15) is 13.2 Å². The number of benzene rings is 2. The molecule has 0 aliphatic carbocycles. The van der Waals surface area contributed by atoms with Crippen molar-refractivity contribution in [3.8, 4) is 11.5 Å². The molecule has 1 amide bonds. The minimum Gasteiger partial charge on any atom is -0.403 e. The molecule has 1 N–H and O–H groups in total. The first-order valence-electron chi connectivity index (χ1n) is 8.37. The van der Waals surface area contributed by atoms with Crippen molar-refractivity contribution in [1.29, 1.82) is 0 Å². The topological polar surface area (TPSA) is 105 Å². The third kappa shape index (κ3) is 4.89. The molecule has 3 rings (SSSR count). The highest BCUT2D eigenvalue weighted by molar-refractivity contribution is 7.89. The zero-order valence-electron chi connectivity index (χ0n) is 15.5. The minimum atomic E-state index is -3.53. The minimum absolute atomic E-state index is 0.0844. The van der Waals surface area contributed by atoms with E-state index in [1.807, 2.05) is 6.07 Å². The van der Waals surface area contributed by atoms with E-state index in [1.165, 1.54) is 32.3 Å². The number of sulfonamides is 1. The predicted octanol–water partition coefficient (Wildman–Crippen LogP) is 3.29. The van der Waals surface area contributed by atoms with Crippen LogP contribution < -0.4 is 5.32 Å². The summed E-state index contributed by atoms with van der Waals surface area (Å²) in [5, 5.41) is 10.6. The lowest BCUT2D eigenvalue weighted by atomic mass is 10.2. The summed E-state index contributed by atoms with van der Waals surface area (Å²) in [6, 6.07) is 13.0. The van der Waals surface area contributed by atoms with Gasteiger partial charge in [0, 0.05) is 30.8 Å². The van der Waals surface area contributed by atoms with Crippen LogP contribution in [0.3, 0.4) is 0 Å². The van der Waals surface area contributed by atoms with E-state index in [2.05, 4.69) is 15.5 Å². The molecule has 0 spiro atoms. The van der Waals surface area contributed by atoms with Crippen LogP contribution in [-0.2, 0) is 14.8 Å². The Morgan fingerprint density at radius 1 is 1.10 bits per heavy atom. The summed E-state index contributed by atoms with van der Waals surface area (Å²) in [5.41, 5.74) is 1.21. The molecular weight excluding hydrogens is 416 g/mol. The number of anilines is 1. The first-order valence-corrected chi connectivity index (χ1v) is 10.2. The van der Waals surface area contributed by atoms with Gasteiger partial charge in [-0.2, -0.15) is 0 Å². The van der Waals surface area contributed by atoms with Gasteiger partial charge in [-0.05, 0) is 42.0 Å². The molecule has 0 unspecified atom stereocenters. The van der Waals surface area contributed by atoms with Gasteiger partial charge < -0.3 is 4.42 Å². The zero-order chi connectivity index (χ0) is 21.0. The summed E-state index contributed by atoms with van der Waals surface area (Å²) in [4.78, 5) is 12.2. The summed E-state index contributed by atoms with van der Waals surface area (Å²) in [6.07, 6.45) is 2.87. The van der Waals surface area contributed by atoms with E-state index >= 15 is 0 Å². The molecule has 1 aromatic heterocycles. The van der Waals surface area contributed by atoms with Gasteiger partial charge in [0.2, 0.25) is 15.9 Å². The fraction of sp³-hybridized carbons (Fsp3) is 0.105. The van der Waals surface area contributed by atoms with Gasteiger partial charge in [0.05, 0.1) is 4.90 Å². The lowest BCUT2D eigenvalue weighted by Gasteiger charge is -2.11. The number of carbonyl (C=O) groups excluding carboxylic acids is 1. The van der Waals surface area contributed by atoms with Gasteiger partial charge in [-0.25, -0.2) is 12.7 Å². The number of halogens is 1. The standard InChI is InChI=1S/C19H17ClN4O4S/c1-24(2)29(26,27)15-10-7-14(8-11-15)18-22-23-19(28-18)21-17(25)12-9-13-5-3-4-6-16(13)20/h3-12H,1-2H3,(H,21,23,25)/b12-9+. The molecule has 0 bridgehead atoms. The highest BCUT2D eigenvalue weighted by atomic mass is 35.5. The number of nitrogens with one attached hydrogen (secondary N) is 1. The molecule has 8 nitrogen and oxygen atoms in total. The summed E-state index contributed by atoms with van der Waals surface area (Å²) in [6.45, 7) is 0. The molecule has 0 atom stereocenters. The van der Waals surface area contributed by atoms with Crippen molar-refractivity contribution in [2.75, 3.05) is 19.4 Å². The van der Waals surface area contributed by atoms with Crippen molar-refractivity contribution in [3.63, 3.8) is 0 Å². The second-order valence-electron chi connectivity index (χ2n) is 6.07. The lowest BCUT2D eigenvalue weighted by Crippen LogP contribution is -2.22. The SMILES string of the molecule is CN(C)S(=O)(=O)c1ccc(-c2nnc(NC(=O)/C=C/c3ccccc3Cl)o2)cc1. The monoisotopic (exact) mass is 432 g/mol. The third-order valence-corrected chi connectivity index (χ3v) is 6.03. The maximum Gasteiger partial charge on any atom is 0.322 e. The molecule has 29 heavy (non-hydrogen) atoms. The Bertz CT molecular complexity index is 1150. The van der Waals surface area contributed by atoms with Crippen LogP contribution >= 0.6 is 11.6 Å². The Hall–Kier alpha value is -3.01. The van der Waals surface area contributed by atoms with Gasteiger partial charge in [0.15, 0.2) is 0 Å². The molecule has 1 heterocycles. The Labute approximate surface area is 172 Å². The average molecular weight is 433 g/mol. The summed E-state index contributed by atoms with van der Waals surface area (Å²) in [5.74, 6) is -0.322. The van der Waals surface area contributed by atoms with Crippen LogP contribution in [0.25, 0.3) is 17.5 Å². The highest BCUT2D eigenvalue weighted by Crippen LogP contribution is 2.23. The number of rotatable bonds is 6. The smallest absolute Gasteiger partial charge is 0.322 e. The number of carbonyl (C=O) groups is 1. The largest absolute Gasteiger partial charge is 0.403 e. The molecule has 3 aromatic rings. The second kappa shape index (κ2) is 8.56. The second-order valence-corrected chi connectivity index (χ2v) is 8.63. The first-order chi connectivity index (χ1) is 13.8. The van der Waals surface area contributed by atoms with E-state index in [-0.39, 0.29) is 16.8 Å². The number of hydrogen-bond donors (Lipinski definition) is 1. The van der Waals surface area contributed by atoms with Crippen LogP contribution in [-0.4, -0.2) is 42.9 Å². The average Bonchev–Trinajstić information content (AvgIpc) is 3.15. The van der Waals surface area contributed by atoms with Crippen molar-refractivity contribution in [3.05, 3.63) is 65.2 Å². The summed E-state index contributed by atoms with van der Waals surface area (Å²) in [7, 11) is -0.617. The van der Waals surface area contributed by atoms with Gasteiger partial charge in [0.1, 0.15) is 0 Å². The van der Waals surface area contributed by atoms with E-state index in [1.54, 1.807) is 36.4 Å². The van der Waals surface area contributed by atoms with E-state index in [0.717, 1.165) is 4.31 Å². The molecule has 10 heteroatoms. The van der Waals surface area contributed by atoms with E-state index < -0.39 is 15.9 Å².